The summed E-state index contributed by atoms with van der Waals surface area (Å²) in [5.41, 5.74) is 1.35. The van der Waals surface area contributed by atoms with Crippen LogP contribution in [0.3, 0.4) is 0 Å². The summed E-state index contributed by atoms with van der Waals surface area (Å²) < 4.78 is 4.65. The van der Waals surface area contributed by atoms with Gasteiger partial charge in [-0.05, 0) is 32.3 Å². The van der Waals surface area contributed by atoms with Crippen molar-refractivity contribution >= 4 is 5.97 Å². The molecule has 0 amide bonds. The molecule has 0 radical (unpaired) electrons. The number of benzene rings is 1. The lowest BCUT2D eigenvalue weighted by molar-refractivity contribution is -0.141. The molecule has 3 nitrogen and oxygen atoms in total. The average molecular weight is 249 g/mol. The average Bonchev–Trinajstić information content (AvgIpc) is 2.37. The predicted molar refractivity (Wildman–Crippen MR) is 73.5 cm³/mol. The monoisotopic (exact) mass is 249 g/mol. The summed E-state index contributed by atoms with van der Waals surface area (Å²) in [7, 11) is 1.42. The van der Waals surface area contributed by atoms with E-state index in [0.717, 1.165) is 12.8 Å². The van der Waals surface area contributed by atoms with Gasteiger partial charge in [-0.2, -0.15) is 0 Å². The molecular formula is C15H23NO2. The zero-order valence-corrected chi connectivity index (χ0v) is 11.5. The van der Waals surface area contributed by atoms with Crippen molar-refractivity contribution in [3.63, 3.8) is 0 Å². The molecule has 0 aliphatic rings. The fourth-order valence-electron chi connectivity index (χ4n) is 1.99. The van der Waals surface area contributed by atoms with Gasteiger partial charge in [0.1, 0.15) is 0 Å². The van der Waals surface area contributed by atoms with Gasteiger partial charge in [0.25, 0.3) is 0 Å². The summed E-state index contributed by atoms with van der Waals surface area (Å²) in [5.74, 6) is -0.162. The number of esters is 1. The summed E-state index contributed by atoms with van der Waals surface area (Å²) >= 11 is 0. The van der Waals surface area contributed by atoms with Crippen molar-refractivity contribution in [2.24, 2.45) is 0 Å². The van der Waals surface area contributed by atoms with Crippen LogP contribution in [-0.2, 0) is 16.0 Å². The van der Waals surface area contributed by atoms with Gasteiger partial charge in [0.05, 0.1) is 13.5 Å². The van der Waals surface area contributed by atoms with Crippen LogP contribution < -0.4 is 5.32 Å². The Kier molecular flexibility index (Phi) is 6.44. The fraction of sp³-hybridized carbons (Fsp3) is 0.533. The minimum atomic E-state index is -0.162. The molecule has 0 saturated heterocycles. The number of aryl methyl sites for hydroxylation is 1. The Balaban J connectivity index is 2.25. The Morgan fingerprint density at radius 1 is 1.22 bits per heavy atom. The highest BCUT2D eigenvalue weighted by molar-refractivity contribution is 5.69. The van der Waals surface area contributed by atoms with Gasteiger partial charge < -0.3 is 10.1 Å². The summed E-state index contributed by atoms with van der Waals surface area (Å²) in [6.45, 7) is 4.16. The van der Waals surface area contributed by atoms with Crippen molar-refractivity contribution in [1.82, 2.24) is 5.32 Å². The van der Waals surface area contributed by atoms with Crippen molar-refractivity contribution in [3.8, 4) is 0 Å². The molecule has 0 fully saturated rings. The molecule has 0 bridgehead atoms. The maximum absolute atomic E-state index is 11.1. The third-order valence-corrected chi connectivity index (χ3v) is 2.98. The molecule has 1 rings (SSSR count). The number of hydrogen-bond donors (Lipinski definition) is 1. The van der Waals surface area contributed by atoms with E-state index >= 15 is 0 Å². The van der Waals surface area contributed by atoms with Gasteiger partial charge in [0.15, 0.2) is 0 Å². The van der Waals surface area contributed by atoms with E-state index in [-0.39, 0.29) is 12.0 Å². The molecule has 1 aromatic rings. The first kappa shape index (κ1) is 14.7. The lowest BCUT2D eigenvalue weighted by Crippen LogP contribution is -2.36. The zero-order chi connectivity index (χ0) is 13.4. The first-order chi connectivity index (χ1) is 8.61. The first-order valence-electron chi connectivity index (χ1n) is 6.48. The minimum absolute atomic E-state index is 0.156. The van der Waals surface area contributed by atoms with Crippen LogP contribution in [0.1, 0.15) is 32.3 Å². The maximum atomic E-state index is 11.1. The number of carbonyl (C=O) groups excluding carboxylic acids is 1. The standard InChI is InChI=1S/C15H23NO2/c1-12(16-13(2)11-15(17)18-3)9-10-14-7-5-4-6-8-14/h4-8,12-13,16H,9-11H2,1-3H3. The molecular weight excluding hydrogens is 226 g/mol. The molecule has 0 aliphatic heterocycles. The highest BCUT2D eigenvalue weighted by Crippen LogP contribution is 2.06. The van der Waals surface area contributed by atoms with Gasteiger partial charge in [-0.25, -0.2) is 0 Å². The summed E-state index contributed by atoms with van der Waals surface area (Å²) in [5, 5.41) is 3.41. The maximum Gasteiger partial charge on any atom is 0.307 e. The smallest absolute Gasteiger partial charge is 0.307 e. The van der Waals surface area contributed by atoms with E-state index in [1.54, 1.807) is 0 Å². The van der Waals surface area contributed by atoms with E-state index < -0.39 is 0 Å². The second kappa shape index (κ2) is 7.88. The summed E-state index contributed by atoms with van der Waals surface area (Å²) in [6.07, 6.45) is 2.54. The van der Waals surface area contributed by atoms with Crippen molar-refractivity contribution in [2.75, 3.05) is 7.11 Å². The molecule has 1 aromatic carbocycles. The third kappa shape index (κ3) is 5.82. The first-order valence-corrected chi connectivity index (χ1v) is 6.48. The molecule has 0 saturated carbocycles. The van der Waals surface area contributed by atoms with Crippen LogP contribution in [0.15, 0.2) is 30.3 Å². The fourth-order valence-corrected chi connectivity index (χ4v) is 1.99. The Bertz CT molecular complexity index is 351. The van der Waals surface area contributed by atoms with Gasteiger partial charge in [0, 0.05) is 12.1 Å². The second-order valence-corrected chi connectivity index (χ2v) is 4.77. The molecule has 0 aliphatic carbocycles. The van der Waals surface area contributed by atoms with Gasteiger partial charge in [0.2, 0.25) is 0 Å². The van der Waals surface area contributed by atoms with E-state index in [1.807, 2.05) is 13.0 Å². The molecule has 2 atom stereocenters. The van der Waals surface area contributed by atoms with Gasteiger partial charge >= 0.3 is 5.97 Å². The van der Waals surface area contributed by atoms with Crippen molar-refractivity contribution in [1.29, 1.82) is 0 Å². The van der Waals surface area contributed by atoms with Gasteiger partial charge in [-0.3, -0.25) is 4.79 Å². The van der Waals surface area contributed by atoms with Crippen LogP contribution in [0.2, 0.25) is 0 Å². The number of carbonyl (C=O) groups is 1. The molecule has 0 aromatic heterocycles. The van der Waals surface area contributed by atoms with E-state index in [4.69, 9.17) is 0 Å². The number of nitrogens with one attached hydrogen (secondary N) is 1. The van der Waals surface area contributed by atoms with Crippen LogP contribution in [-0.4, -0.2) is 25.2 Å². The molecule has 2 unspecified atom stereocenters. The topological polar surface area (TPSA) is 38.3 Å². The number of ether oxygens (including phenoxy) is 1. The Morgan fingerprint density at radius 3 is 2.50 bits per heavy atom. The molecule has 3 heteroatoms. The van der Waals surface area contributed by atoms with Crippen LogP contribution >= 0.6 is 0 Å². The van der Waals surface area contributed by atoms with Gasteiger partial charge in [-0.15, -0.1) is 0 Å². The van der Waals surface area contributed by atoms with Crippen LogP contribution in [0.4, 0.5) is 0 Å². The summed E-state index contributed by atoms with van der Waals surface area (Å²) in [4.78, 5) is 11.1. The minimum Gasteiger partial charge on any atom is -0.469 e. The third-order valence-electron chi connectivity index (χ3n) is 2.98. The Hall–Kier alpha value is -1.35. The lowest BCUT2D eigenvalue weighted by Gasteiger charge is -2.19. The van der Waals surface area contributed by atoms with Crippen LogP contribution in [0.25, 0.3) is 0 Å². The number of hydrogen-bond acceptors (Lipinski definition) is 3. The Morgan fingerprint density at radius 2 is 1.89 bits per heavy atom. The number of rotatable bonds is 7. The van der Waals surface area contributed by atoms with E-state index in [2.05, 4.69) is 41.2 Å². The van der Waals surface area contributed by atoms with Crippen LogP contribution in [0.5, 0.6) is 0 Å². The molecule has 0 heterocycles. The highest BCUT2D eigenvalue weighted by atomic mass is 16.5. The van der Waals surface area contributed by atoms with E-state index in [1.165, 1.54) is 12.7 Å². The Labute approximate surface area is 110 Å². The van der Waals surface area contributed by atoms with Gasteiger partial charge in [-0.1, -0.05) is 30.3 Å². The number of methoxy groups -OCH3 is 1. The van der Waals surface area contributed by atoms with Crippen molar-refractivity contribution in [3.05, 3.63) is 35.9 Å². The molecule has 100 valence electrons. The van der Waals surface area contributed by atoms with Crippen LogP contribution in [0, 0.1) is 0 Å². The molecule has 0 spiro atoms. The van der Waals surface area contributed by atoms with E-state index in [9.17, 15) is 4.79 Å². The van der Waals surface area contributed by atoms with Crippen molar-refractivity contribution in [2.45, 2.75) is 45.2 Å². The predicted octanol–water partition coefficient (Wildman–Crippen LogP) is 2.55. The largest absolute Gasteiger partial charge is 0.469 e. The molecule has 18 heavy (non-hydrogen) atoms. The highest BCUT2D eigenvalue weighted by Gasteiger charge is 2.11. The quantitative estimate of drug-likeness (QED) is 0.755. The SMILES string of the molecule is COC(=O)CC(C)NC(C)CCc1ccccc1. The normalized spacial score (nSPS) is 13.9. The summed E-state index contributed by atoms with van der Waals surface area (Å²) in [6, 6.07) is 11.0. The van der Waals surface area contributed by atoms with E-state index in [0.29, 0.717) is 12.5 Å². The van der Waals surface area contributed by atoms with Crippen molar-refractivity contribution < 1.29 is 9.53 Å². The molecule has 1 N–H and O–H groups in total. The second-order valence-electron chi connectivity index (χ2n) is 4.77. The zero-order valence-electron chi connectivity index (χ0n) is 11.5. The lowest BCUT2D eigenvalue weighted by atomic mass is 10.1.